The number of carbonyl (C=O) groups is 2. The third kappa shape index (κ3) is 2.34. The summed E-state index contributed by atoms with van der Waals surface area (Å²) in [5, 5.41) is 10.8. The average molecular weight is 263 g/mol. The lowest BCUT2D eigenvalue weighted by molar-refractivity contribution is -0.150. The van der Waals surface area contributed by atoms with Crippen LogP contribution in [-0.2, 0) is 9.59 Å². The van der Waals surface area contributed by atoms with E-state index in [9.17, 15) is 22.8 Å². The molecule has 1 saturated carbocycles. The molecule has 0 heterocycles. The van der Waals surface area contributed by atoms with Crippen LogP contribution in [0, 0.1) is 23.7 Å². The van der Waals surface area contributed by atoms with Crippen molar-refractivity contribution in [3.8, 4) is 0 Å². The molecule has 0 aromatic rings. The van der Waals surface area contributed by atoms with Crippen molar-refractivity contribution in [2.45, 2.75) is 12.6 Å². The van der Waals surface area contributed by atoms with Gasteiger partial charge >= 0.3 is 12.1 Å². The van der Waals surface area contributed by atoms with E-state index in [0.29, 0.717) is 6.42 Å². The van der Waals surface area contributed by atoms with Gasteiger partial charge in [0.1, 0.15) is 6.54 Å². The van der Waals surface area contributed by atoms with Gasteiger partial charge in [0.15, 0.2) is 0 Å². The summed E-state index contributed by atoms with van der Waals surface area (Å²) in [6, 6.07) is 0. The Morgan fingerprint density at radius 3 is 2.28 bits per heavy atom. The monoisotopic (exact) mass is 263 g/mol. The summed E-state index contributed by atoms with van der Waals surface area (Å²) in [6.07, 6.45) is -0.498. The zero-order chi connectivity index (χ0) is 13.5. The quantitative estimate of drug-likeness (QED) is 0.751. The number of allylic oxidation sites excluding steroid dienone is 2. The predicted molar refractivity (Wildman–Crippen MR) is 54.4 cm³/mol. The van der Waals surface area contributed by atoms with Crippen LogP contribution in [0.2, 0.25) is 0 Å². The van der Waals surface area contributed by atoms with E-state index in [-0.39, 0.29) is 11.8 Å². The third-order valence-electron chi connectivity index (χ3n) is 3.51. The number of fused-ring (bicyclic) bond motifs is 2. The first kappa shape index (κ1) is 12.9. The van der Waals surface area contributed by atoms with Gasteiger partial charge in [0, 0.05) is 0 Å². The molecule has 2 rings (SSSR count). The van der Waals surface area contributed by atoms with Gasteiger partial charge in [-0.3, -0.25) is 9.59 Å². The first-order chi connectivity index (χ1) is 8.29. The van der Waals surface area contributed by atoms with Gasteiger partial charge in [-0.1, -0.05) is 12.2 Å². The summed E-state index contributed by atoms with van der Waals surface area (Å²) >= 11 is 0. The Bertz CT molecular complexity index is 405. The number of carboxylic acids is 1. The molecule has 7 heteroatoms. The van der Waals surface area contributed by atoms with Crippen molar-refractivity contribution in [1.29, 1.82) is 0 Å². The summed E-state index contributed by atoms with van der Waals surface area (Å²) in [4.78, 5) is 22.8. The fraction of sp³-hybridized carbons (Fsp3) is 0.636. The molecule has 1 fully saturated rings. The fourth-order valence-corrected chi connectivity index (χ4v) is 2.82. The summed E-state index contributed by atoms with van der Waals surface area (Å²) < 4.78 is 36.0. The van der Waals surface area contributed by atoms with Crippen LogP contribution in [0.15, 0.2) is 12.2 Å². The number of hydrogen-bond donors (Lipinski definition) is 2. The standard InChI is InChI=1S/C11H12F3NO3/c12-11(13,14)4-15-9(16)7-5-1-2-6(3-5)8(7)10(17)18/h1-2,5-8H,3-4H2,(H,15,16)(H,17,18). The maximum Gasteiger partial charge on any atom is 0.405 e. The number of nitrogens with one attached hydrogen (secondary N) is 1. The Labute approximate surface area is 101 Å². The van der Waals surface area contributed by atoms with Gasteiger partial charge in [-0.15, -0.1) is 0 Å². The number of hydrogen-bond acceptors (Lipinski definition) is 2. The Balaban J connectivity index is 2.05. The molecule has 18 heavy (non-hydrogen) atoms. The minimum atomic E-state index is -4.48. The van der Waals surface area contributed by atoms with Crippen molar-refractivity contribution in [3.63, 3.8) is 0 Å². The molecule has 2 bridgehead atoms. The maximum absolute atomic E-state index is 12.0. The molecule has 2 aliphatic rings. The van der Waals surface area contributed by atoms with E-state index in [1.165, 1.54) is 0 Å². The van der Waals surface area contributed by atoms with Gasteiger partial charge in [-0.2, -0.15) is 13.2 Å². The van der Waals surface area contributed by atoms with E-state index in [1.807, 2.05) is 0 Å². The van der Waals surface area contributed by atoms with Crippen molar-refractivity contribution in [2.75, 3.05) is 6.54 Å². The number of alkyl halides is 3. The predicted octanol–water partition coefficient (Wildman–Crippen LogP) is 1.19. The van der Waals surface area contributed by atoms with Crippen LogP contribution in [0.5, 0.6) is 0 Å². The highest BCUT2D eigenvalue weighted by molar-refractivity contribution is 5.86. The van der Waals surface area contributed by atoms with E-state index < -0.39 is 36.4 Å². The highest BCUT2D eigenvalue weighted by Crippen LogP contribution is 2.48. The topological polar surface area (TPSA) is 66.4 Å². The minimum Gasteiger partial charge on any atom is -0.481 e. The van der Waals surface area contributed by atoms with E-state index in [4.69, 9.17) is 5.11 Å². The number of halogens is 3. The lowest BCUT2D eigenvalue weighted by Gasteiger charge is -2.24. The second-order valence-corrected chi connectivity index (χ2v) is 4.67. The fourth-order valence-electron chi connectivity index (χ4n) is 2.82. The summed E-state index contributed by atoms with van der Waals surface area (Å²) in [5.41, 5.74) is 0. The molecule has 0 aliphatic heterocycles. The second-order valence-electron chi connectivity index (χ2n) is 4.67. The number of amides is 1. The molecule has 1 amide bonds. The molecule has 0 radical (unpaired) electrons. The van der Waals surface area contributed by atoms with Crippen molar-refractivity contribution in [2.24, 2.45) is 23.7 Å². The van der Waals surface area contributed by atoms with Crippen LogP contribution < -0.4 is 5.32 Å². The molecule has 100 valence electrons. The number of carbonyl (C=O) groups excluding carboxylic acids is 1. The zero-order valence-corrected chi connectivity index (χ0v) is 9.28. The van der Waals surface area contributed by atoms with Crippen molar-refractivity contribution >= 4 is 11.9 Å². The zero-order valence-electron chi connectivity index (χ0n) is 9.28. The van der Waals surface area contributed by atoms with Gasteiger partial charge in [0.2, 0.25) is 5.91 Å². The van der Waals surface area contributed by atoms with Crippen LogP contribution in [0.1, 0.15) is 6.42 Å². The molecule has 2 N–H and O–H groups in total. The minimum absolute atomic E-state index is 0.242. The first-order valence-electron chi connectivity index (χ1n) is 5.55. The maximum atomic E-state index is 12.0. The van der Waals surface area contributed by atoms with E-state index in [0.717, 1.165) is 0 Å². The van der Waals surface area contributed by atoms with Gasteiger partial charge in [-0.25, -0.2) is 0 Å². The lowest BCUT2D eigenvalue weighted by atomic mass is 9.82. The Kier molecular flexibility index (Phi) is 3.08. The Hall–Kier alpha value is -1.53. The molecule has 2 aliphatic carbocycles. The van der Waals surface area contributed by atoms with Crippen LogP contribution >= 0.6 is 0 Å². The number of aliphatic carboxylic acids is 1. The van der Waals surface area contributed by atoms with Gasteiger partial charge in [0.25, 0.3) is 0 Å². The molecule has 4 unspecified atom stereocenters. The SMILES string of the molecule is O=C(O)C1C2C=CC(C2)C1C(=O)NCC(F)(F)F. The first-order valence-corrected chi connectivity index (χ1v) is 5.55. The van der Waals surface area contributed by atoms with Crippen LogP contribution in [0.25, 0.3) is 0 Å². The largest absolute Gasteiger partial charge is 0.481 e. The average Bonchev–Trinajstić information content (AvgIpc) is 2.83. The molecule has 0 saturated heterocycles. The van der Waals surface area contributed by atoms with Gasteiger partial charge in [0.05, 0.1) is 11.8 Å². The van der Waals surface area contributed by atoms with Crippen LogP contribution in [0.4, 0.5) is 13.2 Å². The summed E-state index contributed by atoms with van der Waals surface area (Å²) in [6.45, 7) is -1.42. The second kappa shape index (κ2) is 4.29. The van der Waals surface area contributed by atoms with E-state index in [2.05, 4.69) is 0 Å². The van der Waals surface area contributed by atoms with Crippen molar-refractivity contribution < 1.29 is 27.9 Å². The molecule has 0 spiro atoms. The summed E-state index contributed by atoms with van der Waals surface area (Å²) in [5.74, 6) is -4.25. The molecular weight excluding hydrogens is 251 g/mol. The van der Waals surface area contributed by atoms with E-state index >= 15 is 0 Å². The third-order valence-corrected chi connectivity index (χ3v) is 3.51. The normalized spacial score (nSPS) is 33.7. The highest BCUT2D eigenvalue weighted by atomic mass is 19.4. The van der Waals surface area contributed by atoms with Crippen molar-refractivity contribution in [3.05, 3.63) is 12.2 Å². The van der Waals surface area contributed by atoms with Gasteiger partial charge in [-0.05, 0) is 18.3 Å². The molecule has 0 aromatic heterocycles. The number of carboxylic acid groups (broad SMARTS) is 1. The lowest BCUT2D eigenvalue weighted by Crippen LogP contribution is -2.43. The van der Waals surface area contributed by atoms with Crippen molar-refractivity contribution in [1.82, 2.24) is 5.32 Å². The van der Waals surface area contributed by atoms with Crippen LogP contribution in [0.3, 0.4) is 0 Å². The smallest absolute Gasteiger partial charge is 0.405 e. The number of rotatable bonds is 3. The van der Waals surface area contributed by atoms with E-state index in [1.54, 1.807) is 17.5 Å². The Morgan fingerprint density at radius 2 is 1.78 bits per heavy atom. The Morgan fingerprint density at radius 1 is 1.22 bits per heavy atom. The van der Waals surface area contributed by atoms with Gasteiger partial charge < -0.3 is 10.4 Å². The highest BCUT2D eigenvalue weighted by Gasteiger charge is 2.51. The molecule has 0 aromatic carbocycles. The van der Waals surface area contributed by atoms with Crippen LogP contribution in [-0.4, -0.2) is 29.7 Å². The molecule has 4 atom stereocenters. The molecular formula is C11H12F3NO3. The molecule has 4 nitrogen and oxygen atoms in total. The summed E-state index contributed by atoms with van der Waals surface area (Å²) in [7, 11) is 0.